The average molecular weight is 404 g/mol. The number of quaternary nitrogens is 1. The Kier molecular flexibility index (Phi) is 7.47. The zero-order chi connectivity index (χ0) is 19.8. The zero-order valence-corrected chi connectivity index (χ0v) is 17.1. The first kappa shape index (κ1) is 20.4. The molecule has 1 aromatic carbocycles. The average Bonchev–Trinajstić information content (AvgIpc) is 3.27. The highest BCUT2D eigenvalue weighted by atomic mass is 32.1. The van der Waals surface area contributed by atoms with Crippen LogP contribution in [0.25, 0.3) is 6.08 Å². The van der Waals surface area contributed by atoms with Gasteiger partial charge in [0.25, 0.3) is 0 Å². The van der Waals surface area contributed by atoms with Crippen molar-refractivity contribution in [1.29, 1.82) is 0 Å². The summed E-state index contributed by atoms with van der Waals surface area (Å²) in [7, 11) is 3.19. The summed E-state index contributed by atoms with van der Waals surface area (Å²) in [5.41, 5.74) is 0.876. The Morgan fingerprint density at radius 1 is 1.25 bits per heavy atom. The highest BCUT2D eigenvalue weighted by Gasteiger charge is 2.27. The number of rotatable bonds is 8. The van der Waals surface area contributed by atoms with Crippen molar-refractivity contribution in [2.75, 3.05) is 47.1 Å². The lowest BCUT2D eigenvalue weighted by atomic mass is 10.1. The van der Waals surface area contributed by atoms with Crippen LogP contribution in [0.3, 0.4) is 0 Å². The molecule has 28 heavy (non-hydrogen) atoms. The van der Waals surface area contributed by atoms with Gasteiger partial charge in [-0.3, -0.25) is 4.79 Å². The summed E-state index contributed by atoms with van der Waals surface area (Å²) in [6, 6.07) is 10.0. The van der Waals surface area contributed by atoms with E-state index in [1.165, 1.54) is 9.78 Å². The molecule has 7 heteroatoms. The predicted molar refractivity (Wildman–Crippen MR) is 110 cm³/mol. The summed E-state index contributed by atoms with van der Waals surface area (Å²) >= 11 is 1.74. The molecule has 0 radical (unpaired) electrons. The Labute approximate surface area is 169 Å². The van der Waals surface area contributed by atoms with E-state index in [1.54, 1.807) is 37.7 Å². The molecule has 1 fully saturated rings. The molecule has 0 bridgehead atoms. The van der Waals surface area contributed by atoms with E-state index in [0.717, 1.165) is 31.9 Å². The van der Waals surface area contributed by atoms with Crippen molar-refractivity contribution >= 4 is 23.3 Å². The number of benzene rings is 1. The monoisotopic (exact) mass is 403 g/mol. The topological polar surface area (TPSA) is 61.2 Å². The molecule has 1 aromatic heterocycles. The van der Waals surface area contributed by atoms with Crippen LogP contribution < -0.4 is 19.7 Å². The largest absolute Gasteiger partial charge is 0.493 e. The van der Waals surface area contributed by atoms with Crippen LogP contribution in [0.2, 0.25) is 0 Å². The summed E-state index contributed by atoms with van der Waals surface area (Å²) < 4.78 is 16.0. The number of morpholine rings is 1. The van der Waals surface area contributed by atoms with Crippen LogP contribution in [0, 0.1) is 0 Å². The van der Waals surface area contributed by atoms with Gasteiger partial charge >= 0.3 is 0 Å². The van der Waals surface area contributed by atoms with Crippen molar-refractivity contribution in [3.8, 4) is 11.5 Å². The molecule has 1 aliphatic heterocycles. The van der Waals surface area contributed by atoms with Crippen LogP contribution in [-0.4, -0.2) is 53.0 Å². The third-order valence-corrected chi connectivity index (χ3v) is 5.82. The third-order valence-electron chi connectivity index (χ3n) is 4.83. The fourth-order valence-corrected chi connectivity index (χ4v) is 4.19. The first-order chi connectivity index (χ1) is 13.7. The van der Waals surface area contributed by atoms with Gasteiger partial charge in [0.05, 0.1) is 38.9 Å². The van der Waals surface area contributed by atoms with Gasteiger partial charge in [-0.25, -0.2) is 0 Å². The van der Waals surface area contributed by atoms with Crippen molar-refractivity contribution in [3.63, 3.8) is 0 Å². The second-order valence-electron chi connectivity index (χ2n) is 6.53. The number of nitrogens with one attached hydrogen (secondary N) is 2. The van der Waals surface area contributed by atoms with Gasteiger partial charge in [0.1, 0.15) is 19.1 Å². The van der Waals surface area contributed by atoms with Crippen molar-refractivity contribution in [1.82, 2.24) is 5.32 Å². The minimum Gasteiger partial charge on any atom is -0.493 e. The highest BCUT2D eigenvalue weighted by molar-refractivity contribution is 7.10. The Balaban J connectivity index is 1.60. The van der Waals surface area contributed by atoms with Crippen LogP contribution in [-0.2, 0) is 9.53 Å². The SMILES string of the molecule is COc1ccc(/C=C/C(=O)NC[C@@H](c2cccs2)[NH+]2CCOCC2)cc1OC. The maximum atomic E-state index is 12.4. The molecule has 0 unspecified atom stereocenters. The van der Waals surface area contributed by atoms with E-state index in [9.17, 15) is 4.79 Å². The second-order valence-corrected chi connectivity index (χ2v) is 7.51. The molecular weight excluding hydrogens is 376 g/mol. The zero-order valence-electron chi connectivity index (χ0n) is 16.3. The van der Waals surface area contributed by atoms with Gasteiger partial charge in [-0.15, -0.1) is 11.3 Å². The number of carbonyl (C=O) groups excluding carboxylic acids is 1. The minimum absolute atomic E-state index is 0.107. The summed E-state index contributed by atoms with van der Waals surface area (Å²) in [6.07, 6.45) is 3.33. The van der Waals surface area contributed by atoms with E-state index < -0.39 is 0 Å². The van der Waals surface area contributed by atoms with E-state index in [-0.39, 0.29) is 11.9 Å². The van der Waals surface area contributed by atoms with Crippen LogP contribution >= 0.6 is 11.3 Å². The first-order valence-electron chi connectivity index (χ1n) is 9.35. The predicted octanol–water partition coefficient (Wildman–Crippen LogP) is 1.55. The molecule has 0 aliphatic carbocycles. The van der Waals surface area contributed by atoms with Crippen molar-refractivity contribution in [2.45, 2.75) is 6.04 Å². The standard InChI is InChI=1S/C21H26N2O4S/c1-25-18-7-5-16(14-19(18)26-2)6-8-21(24)22-15-17(20-4-3-13-28-20)23-9-11-27-12-10-23/h3-8,13-14,17H,9-12,15H2,1-2H3,(H,22,24)/p+1/b8-6+/t17-/m0/s1. The third kappa shape index (κ3) is 5.34. The Morgan fingerprint density at radius 3 is 2.71 bits per heavy atom. The number of ether oxygens (including phenoxy) is 3. The van der Waals surface area contributed by atoms with Gasteiger partial charge in [-0.2, -0.15) is 0 Å². The van der Waals surface area contributed by atoms with Crippen LogP contribution in [0.5, 0.6) is 11.5 Å². The van der Waals surface area contributed by atoms with E-state index in [2.05, 4.69) is 22.8 Å². The van der Waals surface area contributed by atoms with Gasteiger partial charge in [0.2, 0.25) is 5.91 Å². The lowest BCUT2D eigenvalue weighted by Crippen LogP contribution is -3.15. The van der Waals surface area contributed by atoms with Crippen LogP contribution in [0.4, 0.5) is 0 Å². The normalized spacial score (nSPS) is 16.1. The summed E-state index contributed by atoms with van der Waals surface area (Å²) in [5, 5.41) is 5.14. The van der Waals surface area contributed by atoms with Gasteiger partial charge in [-0.05, 0) is 35.2 Å². The van der Waals surface area contributed by atoms with Gasteiger partial charge in [0.15, 0.2) is 11.5 Å². The molecule has 1 atom stereocenters. The van der Waals surface area contributed by atoms with E-state index in [4.69, 9.17) is 14.2 Å². The number of methoxy groups -OCH3 is 2. The lowest BCUT2D eigenvalue weighted by Gasteiger charge is -2.31. The number of carbonyl (C=O) groups is 1. The Bertz CT molecular complexity index is 786. The number of hydrogen-bond donors (Lipinski definition) is 2. The van der Waals surface area contributed by atoms with Gasteiger partial charge in [0, 0.05) is 6.08 Å². The second kappa shape index (κ2) is 10.3. The summed E-state index contributed by atoms with van der Waals surface area (Å²) in [4.78, 5) is 15.1. The molecule has 2 N–H and O–H groups in total. The molecule has 0 spiro atoms. The summed E-state index contributed by atoms with van der Waals surface area (Å²) in [6.45, 7) is 4.06. The maximum absolute atomic E-state index is 12.4. The summed E-state index contributed by atoms with van der Waals surface area (Å²) in [5.74, 6) is 1.19. The fourth-order valence-electron chi connectivity index (χ4n) is 3.31. The first-order valence-corrected chi connectivity index (χ1v) is 10.2. The van der Waals surface area contributed by atoms with Crippen LogP contribution in [0.15, 0.2) is 41.8 Å². The van der Waals surface area contributed by atoms with E-state index >= 15 is 0 Å². The van der Waals surface area contributed by atoms with Crippen molar-refractivity contribution < 1.29 is 23.9 Å². The quantitative estimate of drug-likeness (QED) is 0.657. The molecule has 1 amide bonds. The van der Waals surface area contributed by atoms with E-state index in [1.807, 2.05) is 18.2 Å². The lowest BCUT2D eigenvalue weighted by molar-refractivity contribution is -0.937. The van der Waals surface area contributed by atoms with Gasteiger partial charge in [-0.1, -0.05) is 12.1 Å². The Hall–Kier alpha value is -2.35. The molecule has 150 valence electrons. The molecule has 1 saturated heterocycles. The molecule has 2 aromatic rings. The number of hydrogen-bond acceptors (Lipinski definition) is 5. The van der Waals surface area contributed by atoms with Crippen molar-refractivity contribution in [2.24, 2.45) is 0 Å². The molecule has 1 aliphatic rings. The van der Waals surface area contributed by atoms with Crippen molar-refractivity contribution in [3.05, 3.63) is 52.2 Å². The molecule has 6 nitrogen and oxygen atoms in total. The molecule has 3 rings (SSSR count). The number of amides is 1. The minimum atomic E-state index is -0.107. The van der Waals surface area contributed by atoms with Crippen LogP contribution in [0.1, 0.15) is 16.5 Å². The molecular formula is C21H27N2O4S+. The highest BCUT2D eigenvalue weighted by Crippen LogP contribution is 2.27. The smallest absolute Gasteiger partial charge is 0.244 e. The Morgan fingerprint density at radius 2 is 2.04 bits per heavy atom. The fraction of sp³-hybridized carbons (Fsp3) is 0.381. The molecule has 0 saturated carbocycles. The number of thiophene rings is 1. The van der Waals surface area contributed by atoms with Gasteiger partial charge < -0.3 is 24.4 Å². The maximum Gasteiger partial charge on any atom is 0.244 e. The molecule has 2 heterocycles. The van der Waals surface area contributed by atoms with E-state index in [0.29, 0.717) is 18.0 Å².